The average Bonchev–Trinajstić information content (AvgIpc) is 2.97. The van der Waals surface area contributed by atoms with E-state index in [1.807, 2.05) is 13.8 Å². The first-order valence-electron chi connectivity index (χ1n) is 14.7. The molecule has 1 amide bonds. The molecule has 4 rings (SSSR count). The molecule has 0 spiro atoms. The summed E-state index contributed by atoms with van der Waals surface area (Å²) in [4.78, 5) is 12.1. The molecule has 0 fully saturated rings. The Balaban J connectivity index is 1.80. The Morgan fingerprint density at radius 2 is 1.72 bits per heavy atom. The van der Waals surface area contributed by atoms with E-state index in [9.17, 15) is 4.79 Å². The third-order valence-corrected chi connectivity index (χ3v) is 7.73. The van der Waals surface area contributed by atoms with E-state index < -0.39 is 0 Å². The van der Waals surface area contributed by atoms with Crippen molar-refractivity contribution in [3.05, 3.63) is 71.6 Å². The second kappa shape index (κ2) is 13.5. The second-order valence-corrected chi connectivity index (χ2v) is 10.3. The minimum absolute atomic E-state index is 0.0395. The van der Waals surface area contributed by atoms with Crippen LogP contribution in [0.5, 0.6) is 0 Å². The van der Waals surface area contributed by atoms with E-state index in [4.69, 9.17) is 4.42 Å². The fourth-order valence-corrected chi connectivity index (χ4v) is 5.17. The first kappa shape index (κ1) is 28.4. The van der Waals surface area contributed by atoms with Gasteiger partial charge in [0.15, 0.2) is 0 Å². The summed E-state index contributed by atoms with van der Waals surface area (Å²) in [6.45, 7) is 13.7. The quantitative estimate of drug-likeness (QED) is 0.120. The number of aryl methyl sites for hydroxylation is 1. The lowest BCUT2D eigenvalue weighted by atomic mass is 9.89. The Labute approximate surface area is 233 Å². The number of carbonyl (C=O) groups is 1. The van der Waals surface area contributed by atoms with Gasteiger partial charge in [0, 0.05) is 53.3 Å². The lowest BCUT2D eigenvalue weighted by molar-refractivity contribution is -0.124. The number of anilines is 1. The third-order valence-electron chi connectivity index (χ3n) is 7.73. The number of carbonyl (C=O) groups excluding carboxylic acids is 1. The Hall–Kier alpha value is -3.60. The fourth-order valence-electron chi connectivity index (χ4n) is 5.17. The smallest absolute Gasteiger partial charge is 0.222 e. The maximum atomic E-state index is 12.1. The van der Waals surface area contributed by atoms with Gasteiger partial charge in [0.05, 0.1) is 6.07 Å². The first-order valence-corrected chi connectivity index (χ1v) is 14.7. The van der Waals surface area contributed by atoms with Crippen LogP contribution < -0.4 is 20.6 Å². The summed E-state index contributed by atoms with van der Waals surface area (Å²) in [6.07, 6.45) is 4.23. The van der Waals surface area contributed by atoms with Crippen molar-refractivity contribution in [3.8, 4) is 22.5 Å². The summed E-state index contributed by atoms with van der Waals surface area (Å²) in [5, 5.41) is 8.76. The van der Waals surface area contributed by atoms with E-state index in [2.05, 4.69) is 96.6 Å². The molecule has 1 aliphatic heterocycles. The molecular weight excluding hydrogens is 482 g/mol. The summed E-state index contributed by atoms with van der Waals surface area (Å²) in [6, 6.07) is 21.8. The van der Waals surface area contributed by atoms with E-state index in [0.717, 1.165) is 60.3 Å². The SMILES string of the molecule is CCCCc1ccccc1-c1c2ccc(=[N+](CC)CC)cc-2oc2cc(NCCNC(=O)C(C)CC)ccc12. The van der Waals surface area contributed by atoms with Crippen LogP contribution in [0.4, 0.5) is 5.69 Å². The topological polar surface area (TPSA) is 57.3 Å². The van der Waals surface area contributed by atoms with Crippen molar-refractivity contribution in [3.63, 3.8) is 0 Å². The molecule has 206 valence electrons. The Kier molecular flexibility index (Phi) is 9.80. The van der Waals surface area contributed by atoms with Gasteiger partial charge < -0.3 is 15.1 Å². The predicted molar refractivity (Wildman–Crippen MR) is 164 cm³/mol. The number of hydrogen-bond acceptors (Lipinski definition) is 3. The zero-order valence-corrected chi connectivity index (χ0v) is 24.3. The monoisotopic (exact) mass is 526 g/mol. The van der Waals surface area contributed by atoms with E-state index in [1.165, 1.54) is 28.5 Å². The molecule has 1 atom stereocenters. The highest BCUT2D eigenvalue weighted by Gasteiger charge is 2.20. The van der Waals surface area contributed by atoms with Gasteiger partial charge in [-0.2, -0.15) is 0 Å². The highest BCUT2D eigenvalue weighted by molar-refractivity contribution is 6.03. The molecule has 1 heterocycles. The number of nitrogens with one attached hydrogen (secondary N) is 2. The van der Waals surface area contributed by atoms with Crippen molar-refractivity contribution in [2.75, 3.05) is 31.5 Å². The molecule has 2 N–H and O–H groups in total. The molecular formula is C34H44N3O2+. The van der Waals surface area contributed by atoms with Gasteiger partial charge in [-0.3, -0.25) is 4.79 Å². The van der Waals surface area contributed by atoms with Crippen LogP contribution in [0.25, 0.3) is 33.4 Å². The molecule has 0 radical (unpaired) electrons. The van der Waals surface area contributed by atoms with Crippen molar-refractivity contribution in [2.45, 2.75) is 60.3 Å². The first-order chi connectivity index (χ1) is 19.0. The zero-order chi connectivity index (χ0) is 27.8. The van der Waals surface area contributed by atoms with Crippen LogP contribution in [0.2, 0.25) is 0 Å². The molecule has 2 aromatic carbocycles. The number of nitrogens with zero attached hydrogens (tertiary/aromatic N) is 1. The van der Waals surface area contributed by atoms with E-state index in [0.29, 0.717) is 13.1 Å². The van der Waals surface area contributed by atoms with Crippen LogP contribution in [0.15, 0.2) is 65.1 Å². The van der Waals surface area contributed by atoms with Gasteiger partial charge in [-0.25, -0.2) is 4.58 Å². The standard InChI is InChI=1S/C34H43N3O2/c1-6-10-13-25-14-11-12-15-28(25)33-29-18-16-26(35-20-21-36-34(38)24(5)7-2)22-31(29)39-32-23-27(17-19-30(32)33)37(8-3)9-4/h11-12,14-19,22-24H,6-10,13,20-21H2,1-5H3,(H,36,38)/p+1. The lowest BCUT2D eigenvalue weighted by Crippen LogP contribution is -2.32. The minimum Gasteiger partial charge on any atom is -0.456 e. The van der Waals surface area contributed by atoms with Gasteiger partial charge in [-0.1, -0.05) is 51.5 Å². The number of hydrogen-bond donors (Lipinski definition) is 2. The maximum Gasteiger partial charge on any atom is 0.222 e. The van der Waals surface area contributed by atoms with Crippen molar-refractivity contribution >= 4 is 22.6 Å². The van der Waals surface area contributed by atoms with Gasteiger partial charge in [-0.15, -0.1) is 0 Å². The van der Waals surface area contributed by atoms with Gasteiger partial charge in [0.25, 0.3) is 0 Å². The number of fused-ring (bicyclic) bond motifs is 2. The molecule has 0 aromatic heterocycles. The number of benzene rings is 3. The molecule has 0 saturated heterocycles. The van der Waals surface area contributed by atoms with Crippen LogP contribution in [0.3, 0.4) is 0 Å². The van der Waals surface area contributed by atoms with E-state index in [-0.39, 0.29) is 11.8 Å². The highest BCUT2D eigenvalue weighted by Crippen LogP contribution is 2.41. The minimum atomic E-state index is 0.0395. The third kappa shape index (κ3) is 6.52. The van der Waals surface area contributed by atoms with Gasteiger partial charge in [-0.05, 0) is 62.4 Å². The summed E-state index contributed by atoms with van der Waals surface area (Å²) in [5.74, 6) is 1.04. The number of rotatable bonds is 12. The molecule has 1 unspecified atom stereocenters. The zero-order valence-electron chi connectivity index (χ0n) is 24.3. The van der Waals surface area contributed by atoms with Crippen molar-refractivity contribution in [1.82, 2.24) is 9.89 Å². The van der Waals surface area contributed by atoms with Gasteiger partial charge in [0.1, 0.15) is 24.4 Å². The Bertz CT molecular complexity index is 1450. The summed E-state index contributed by atoms with van der Waals surface area (Å²) >= 11 is 0. The fraction of sp³-hybridized carbons (Fsp3) is 0.412. The normalized spacial score (nSPS) is 12.0. The Morgan fingerprint density at radius 3 is 2.46 bits per heavy atom. The maximum absolute atomic E-state index is 12.1. The van der Waals surface area contributed by atoms with Gasteiger partial charge in [0.2, 0.25) is 11.3 Å². The van der Waals surface area contributed by atoms with Crippen LogP contribution in [-0.2, 0) is 11.2 Å². The largest absolute Gasteiger partial charge is 0.456 e. The number of amides is 1. The second-order valence-electron chi connectivity index (χ2n) is 10.3. The average molecular weight is 527 g/mol. The van der Waals surface area contributed by atoms with Crippen LogP contribution in [-0.4, -0.2) is 32.1 Å². The summed E-state index contributed by atoms with van der Waals surface area (Å²) in [5.41, 5.74) is 6.86. The van der Waals surface area contributed by atoms with Crippen molar-refractivity contribution in [2.24, 2.45) is 5.92 Å². The van der Waals surface area contributed by atoms with Crippen LogP contribution in [0.1, 0.15) is 59.4 Å². The highest BCUT2D eigenvalue weighted by atomic mass is 16.3. The molecule has 2 aromatic rings. The van der Waals surface area contributed by atoms with E-state index in [1.54, 1.807) is 0 Å². The Morgan fingerprint density at radius 1 is 0.923 bits per heavy atom. The van der Waals surface area contributed by atoms with Crippen molar-refractivity contribution in [1.29, 1.82) is 0 Å². The molecule has 39 heavy (non-hydrogen) atoms. The summed E-state index contributed by atoms with van der Waals surface area (Å²) in [7, 11) is 0. The summed E-state index contributed by atoms with van der Waals surface area (Å²) < 4.78 is 8.95. The molecule has 0 saturated carbocycles. The predicted octanol–water partition coefficient (Wildman–Crippen LogP) is 6.93. The molecule has 1 aliphatic carbocycles. The molecule has 2 aliphatic rings. The van der Waals surface area contributed by atoms with Crippen LogP contribution in [0, 0.1) is 5.92 Å². The lowest BCUT2D eigenvalue weighted by Gasteiger charge is -2.18. The van der Waals surface area contributed by atoms with E-state index >= 15 is 0 Å². The molecule has 0 bridgehead atoms. The van der Waals surface area contributed by atoms with Crippen LogP contribution >= 0.6 is 0 Å². The van der Waals surface area contributed by atoms with Gasteiger partial charge >= 0.3 is 0 Å². The van der Waals surface area contributed by atoms with Crippen molar-refractivity contribution < 1.29 is 9.21 Å². The molecule has 5 heteroatoms. The molecule has 5 nitrogen and oxygen atoms in total. The number of unbranched alkanes of at least 4 members (excludes halogenated alkanes) is 1.